The zero-order valence-electron chi connectivity index (χ0n) is 15.5. The van der Waals surface area contributed by atoms with Gasteiger partial charge in [-0.1, -0.05) is 6.07 Å². The second-order valence-corrected chi connectivity index (χ2v) is 8.72. The highest BCUT2D eigenvalue weighted by Crippen LogP contribution is 2.21. The smallest absolute Gasteiger partial charge is 0.256 e. The van der Waals surface area contributed by atoms with E-state index in [1.165, 1.54) is 28.6 Å². The van der Waals surface area contributed by atoms with Crippen molar-refractivity contribution in [1.82, 2.24) is 9.29 Å². The number of nitrogens with one attached hydrogen (secondary N) is 1. The third-order valence-corrected chi connectivity index (χ3v) is 6.14. The lowest BCUT2D eigenvalue weighted by Crippen LogP contribution is -2.48. The number of hydrogen-bond acceptors (Lipinski definition) is 5. The number of benzene rings is 1. The van der Waals surface area contributed by atoms with Crippen LogP contribution in [-0.2, 0) is 14.8 Å². The van der Waals surface area contributed by atoms with Crippen molar-refractivity contribution in [3.63, 3.8) is 0 Å². The number of aromatic nitrogens is 1. The zero-order valence-corrected chi connectivity index (χ0v) is 16.4. The number of anilines is 1. The van der Waals surface area contributed by atoms with Crippen molar-refractivity contribution >= 4 is 21.7 Å². The van der Waals surface area contributed by atoms with Gasteiger partial charge >= 0.3 is 0 Å². The Morgan fingerprint density at radius 1 is 1.11 bits per heavy atom. The van der Waals surface area contributed by atoms with Gasteiger partial charge in [0.1, 0.15) is 5.82 Å². The van der Waals surface area contributed by atoms with Crippen LogP contribution in [0.25, 0.3) is 0 Å². The summed E-state index contributed by atoms with van der Waals surface area (Å²) in [5.41, 5.74) is 1.36. The first kappa shape index (κ1) is 19.5. The lowest BCUT2D eigenvalue weighted by molar-refractivity contribution is -0.0440. The van der Waals surface area contributed by atoms with Crippen LogP contribution in [0.15, 0.2) is 47.5 Å². The van der Waals surface area contributed by atoms with E-state index in [-0.39, 0.29) is 23.0 Å². The van der Waals surface area contributed by atoms with Crippen LogP contribution in [0, 0.1) is 6.92 Å². The molecule has 0 spiro atoms. The lowest BCUT2D eigenvalue weighted by Gasteiger charge is -2.34. The summed E-state index contributed by atoms with van der Waals surface area (Å²) in [7, 11) is -3.62. The third-order valence-electron chi connectivity index (χ3n) is 4.29. The van der Waals surface area contributed by atoms with Gasteiger partial charge in [0.2, 0.25) is 10.0 Å². The molecule has 1 saturated heterocycles. The summed E-state index contributed by atoms with van der Waals surface area (Å²) >= 11 is 0. The van der Waals surface area contributed by atoms with Gasteiger partial charge in [-0.2, -0.15) is 4.31 Å². The van der Waals surface area contributed by atoms with Crippen LogP contribution in [0.1, 0.15) is 29.8 Å². The van der Waals surface area contributed by atoms with E-state index in [1.807, 2.05) is 26.8 Å². The molecule has 2 atom stereocenters. The zero-order chi connectivity index (χ0) is 19.6. The average Bonchev–Trinajstić information content (AvgIpc) is 2.63. The fourth-order valence-corrected chi connectivity index (χ4v) is 4.58. The molecule has 2 heterocycles. The standard InChI is InChI=1S/C19H23N3O4S/c1-13-4-9-18(20-10-13)21-19(23)16-5-7-17(8-6-16)27(24,25)22-11-14(2)26-15(3)12-22/h4-10,14-15H,11-12H2,1-3H3,(H,20,21,23)/t14-,15-/m1/s1. The summed E-state index contributed by atoms with van der Waals surface area (Å²) in [6.45, 7) is 6.24. The molecular formula is C19H23N3O4S. The van der Waals surface area contributed by atoms with E-state index >= 15 is 0 Å². The highest BCUT2D eigenvalue weighted by molar-refractivity contribution is 7.89. The van der Waals surface area contributed by atoms with Gasteiger partial charge in [-0.3, -0.25) is 4.79 Å². The maximum absolute atomic E-state index is 12.8. The summed E-state index contributed by atoms with van der Waals surface area (Å²) in [5.74, 6) is 0.0995. The summed E-state index contributed by atoms with van der Waals surface area (Å²) in [4.78, 5) is 16.6. The highest BCUT2D eigenvalue weighted by Gasteiger charge is 2.32. The van der Waals surface area contributed by atoms with Crippen LogP contribution in [0.5, 0.6) is 0 Å². The number of amides is 1. The molecule has 1 amide bonds. The molecule has 0 aliphatic carbocycles. The number of carbonyl (C=O) groups excluding carboxylic acids is 1. The molecule has 2 aromatic rings. The molecular weight excluding hydrogens is 366 g/mol. The van der Waals surface area contributed by atoms with Crippen molar-refractivity contribution < 1.29 is 17.9 Å². The normalized spacial score (nSPS) is 21.0. The van der Waals surface area contributed by atoms with Gasteiger partial charge in [0.25, 0.3) is 5.91 Å². The van der Waals surface area contributed by atoms with Crippen LogP contribution >= 0.6 is 0 Å². The quantitative estimate of drug-likeness (QED) is 0.868. The van der Waals surface area contributed by atoms with Crippen molar-refractivity contribution in [1.29, 1.82) is 0 Å². The monoisotopic (exact) mass is 389 g/mol. The van der Waals surface area contributed by atoms with Crippen molar-refractivity contribution in [3.8, 4) is 0 Å². The van der Waals surface area contributed by atoms with Crippen LogP contribution in [0.4, 0.5) is 5.82 Å². The highest BCUT2D eigenvalue weighted by atomic mass is 32.2. The first-order valence-corrected chi connectivity index (χ1v) is 10.2. The molecule has 0 unspecified atom stereocenters. The SMILES string of the molecule is Cc1ccc(NC(=O)c2ccc(S(=O)(=O)N3C[C@@H](C)O[C@H](C)C3)cc2)nc1. The maximum atomic E-state index is 12.8. The Morgan fingerprint density at radius 3 is 2.30 bits per heavy atom. The Bertz CT molecular complexity index is 901. The molecule has 8 heteroatoms. The van der Waals surface area contributed by atoms with E-state index in [0.29, 0.717) is 24.5 Å². The average molecular weight is 389 g/mol. The summed E-state index contributed by atoms with van der Waals surface area (Å²) < 4.78 is 32.7. The molecule has 1 aliphatic rings. The van der Waals surface area contributed by atoms with E-state index < -0.39 is 10.0 Å². The minimum absolute atomic E-state index is 0.157. The minimum Gasteiger partial charge on any atom is -0.373 e. The van der Waals surface area contributed by atoms with E-state index in [2.05, 4.69) is 10.3 Å². The molecule has 1 aromatic heterocycles. The Morgan fingerprint density at radius 2 is 1.74 bits per heavy atom. The molecule has 0 radical (unpaired) electrons. The van der Waals surface area contributed by atoms with Gasteiger partial charge in [-0.15, -0.1) is 0 Å². The van der Waals surface area contributed by atoms with Crippen molar-refractivity contribution in [2.75, 3.05) is 18.4 Å². The van der Waals surface area contributed by atoms with Crippen molar-refractivity contribution in [3.05, 3.63) is 53.7 Å². The molecule has 1 N–H and O–H groups in total. The van der Waals surface area contributed by atoms with Crippen LogP contribution < -0.4 is 5.32 Å². The summed E-state index contributed by atoms with van der Waals surface area (Å²) in [6.07, 6.45) is 1.35. The first-order valence-electron chi connectivity index (χ1n) is 8.75. The molecule has 0 saturated carbocycles. The van der Waals surface area contributed by atoms with Gasteiger partial charge in [0, 0.05) is 24.8 Å². The Kier molecular flexibility index (Phi) is 5.59. The Balaban J connectivity index is 1.74. The predicted octanol–water partition coefficient (Wildman–Crippen LogP) is 2.44. The van der Waals surface area contributed by atoms with Crippen molar-refractivity contribution in [2.24, 2.45) is 0 Å². The van der Waals surface area contributed by atoms with Gasteiger partial charge < -0.3 is 10.1 Å². The molecule has 3 rings (SSSR count). The van der Waals surface area contributed by atoms with Crippen LogP contribution in [-0.4, -0.2) is 48.9 Å². The van der Waals surface area contributed by atoms with Gasteiger partial charge in [0.15, 0.2) is 0 Å². The molecule has 0 bridgehead atoms. The number of morpholine rings is 1. The number of hydrogen-bond donors (Lipinski definition) is 1. The first-order chi connectivity index (χ1) is 12.8. The summed E-state index contributed by atoms with van der Waals surface area (Å²) in [5, 5.41) is 2.69. The fourth-order valence-electron chi connectivity index (χ4n) is 2.98. The van der Waals surface area contributed by atoms with Crippen LogP contribution in [0.2, 0.25) is 0 Å². The minimum atomic E-state index is -3.62. The molecule has 1 fully saturated rings. The molecule has 144 valence electrons. The largest absolute Gasteiger partial charge is 0.373 e. The molecule has 1 aliphatic heterocycles. The molecule has 1 aromatic carbocycles. The van der Waals surface area contributed by atoms with Crippen molar-refractivity contribution in [2.45, 2.75) is 37.9 Å². The second kappa shape index (κ2) is 7.75. The topological polar surface area (TPSA) is 88.6 Å². The summed E-state index contributed by atoms with van der Waals surface area (Å²) in [6, 6.07) is 9.48. The van der Waals surface area contributed by atoms with Gasteiger partial charge in [0.05, 0.1) is 17.1 Å². The second-order valence-electron chi connectivity index (χ2n) is 6.78. The fraction of sp³-hybridized carbons (Fsp3) is 0.368. The number of rotatable bonds is 4. The number of carbonyl (C=O) groups is 1. The van der Waals surface area contributed by atoms with E-state index in [9.17, 15) is 13.2 Å². The number of aryl methyl sites for hydroxylation is 1. The van der Waals surface area contributed by atoms with E-state index in [1.54, 1.807) is 12.3 Å². The number of ether oxygens (including phenoxy) is 1. The maximum Gasteiger partial charge on any atom is 0.256 e. The molecule has 7 nitrogen and oxygen atoms in total. The third kappa shape index (κ3) is 4.52. The Hall–Kier alpha value is -2.29. The number of sulfonamides is 1. The Labute approximate surface area is 159 Å². The number of nitrogens with zero attached hydrogens (tertiary/aromatic N) is 2. The molecule has 27 heavy (non-hydrogen) atoms. The van der Waals surface area contributed by atoms with Gasteiger partial charge in [-0.05, 0) is 56.7 Å². The van der Waals surface area contributed by atoms with Gasteiger partial charge in [-0.25, -0.2) is 13.4 Å². The number of pyridine rings is 1. The lowest BCUT2D eigenvalue weighted by atomic mass is 10.2. The predicted molar refractivity (Wildman–Crippen MR) is 102 cm³/mol. The van der Waals surface area contributed by atoms with E-state index in [0.717, 1.165) is 5.56 Å². The van der Waals surface area contributed by atoms with Crippen LogP contribution in [0.3, 0.4) is 0 Å². The van der Waals surface area contributed by atoms with E-state index in [4.69, 9.17) is 4.74 Å².